The van der Waals surface area contributed by atoms with Gasteiger partial charge in [-0.1, -0.05) is 44.6 Å². The lowest BCUT2D eigenvalue weighted by Gasteiger charge is -2.45. The lowest BCUT2D eigenvalue weighted by molar-refractivity contribution is 0.0830. The van der Waals surface area contributed by atoms with Crippen molar-refractivity contribution in [3.63, 3.8) is 0 Å². The second-order valence-corrected chi connectivity index (χ2v) is 6.91. The third kappa shape index (κ3) is 14.1. The maximum absolute atomic E-state index is 12.8. The first kappa shape index (κ1) is 29.6. The normalized spacial score (nSPS) is 23.3. The van der Waals surface area contributed by atoms with E-state index in [4.69, 9.17) is 0 Å². The molecular weight excluding hydrogens is 321 g/mol. The van der Waals surface area contributed by atoms with Crippen LogP contribution in [0.5, 0.6) is 0 Å². The van der Waals surface area contributed by atoms with Crippen LogP contribution in [0, 0.1) is 5.92 Å². The third-order valence-electron chi connectivity index (χ3n) is 4.69. The van der Waals surface area contributed by atoms with Crippen molar-refractivity contribution >= 4 is 0 Å². The Morgan fingerprint density at radius 3 is 1.77 bits per heavy atom. The molecule has 1 rings (SSSR count). The predicted octanol–water partition coefficient (Wildman–Crippen LogP) is 8.12. The van der Waals surface area contributed by atoms with Gasteiger partial charge in [0.25, 0.3) is 0 Å². The quantitative estimate of drug-likeness (QED) is 0.358. The highest BCUT2D eigenvalue weighted by molar-refractivity contribution is 5.15. The monoisotopic (exact) mass is 367 g/mol. The number of hydrogen-bond donors (Lipinski definition) is 0. The van der Waals surface area contributed by atoms with E-state index >= 15 is 0 Å². The minimum atomic E-state index is -0.120. The van der Waals surface area contributed by atoms with Crippen molar-refractivity contribution in [1.82, 2.24) is 4.90 Å². The van der Waals surface area contributed by atoms with Gasteiger partial charge in [0.15, 0.2) is 0 Å². The van der Waals surface area contributed by atoms with E-state index in [1.54, 1.807) is 6.08 Å². The lowest BCUT2D eigenvalue weighted by atomic mass is 9.73. The standard InChI is InChI=1S/C16H28FN.C4H8.C2H6.C2H4/c1-13-8-10-16(11-9-13,18(4)5)12-14(2)6-7-15(3)17;1-3-4-2;2*1-2/h6-7,13H,8-12H2,1-5H3;3-4H,1-2H3;1-2H3;1-2H2/b14-6+,15-7+;4-3-;;. The summed E-state index contributed by atoms with van der Waals surface area (Å²) in [6.45, 7) is 20.0. The Kier molecular flexibility index (Phi) is 21.2. The first-order valence-corrected chi connectivity index (χ1v) is 10.0. The molecule has 0 atom stereocenters. The summed E-state index contributed by atoms with van der Waals surface area (Å²) in [5.74, 6) is 0.737. The fourth-order valence-electron chi connectivity index (χ4n) is 2.92. The number of allylic oxidation sites excluding steroid dienone is 5. The van der Waals surface area contributed by atoms with E-state index in [2.05, 4.69) is 46.0 Å². The van der Waals surface area contributed by atoms with Gasteiger partial charge in [-0.05, 0) is 85.9 Å². The second-order valence-electron chi connectivity index (χ2n) is 6.91. The van der Waals surface area contributed by atoms with E-state index in [-0.39, 0.29) is 11.4 Å². The van der Waals surface area contributed by atoms with Gasteiger partial charge in [-0.15, -0.1) is 13.2 Å². The Labute approximate surface area is 164 Å². The largest absolute Gasteiger partial charge is 0.303 e. The third-order valence-corrected chi connectivity index (χ3v) is 4.69. The van der Waals surface area contributed by atoms with Crippen molar-refractivity contribution in [3.05, 3.63) is 48.9 Å². The van der Waals surface area contributed by atoms with Gasteiger partial charge in [-0.3, -0.25) is 0 Å². The number of rotatable bonds is 4. The Balaban J connectivity index is -0.000000568. The molecule has 1 saturated carbocycles. The fraction of sp³-hybridized carbons (Fsp3) is 0.667. The molecule has 2 heteroatoms. The summed E-state index contributed by atoms with van der Waals surface area (Å²) >= 11 is 0. The summed E-state index contributed by atoms with van der Waals surface area (Å²) in [6, 6.07) is 0. The van der Waals surface area contributed by atoms with E-state index in [9.17, 15) is 4.39 Å². The highest BCUT2D eigenvalue weighted by atomic mass is 19.1. The smallest absolute Gasteiger partial charge is 0.0968 e. The molecule has 0 bridgehead atoms. The Hall–Kier alpha value is -1.15. The van der Waals surface area contributed by atoms with Crippen LogP contribution in [-0.4, -0.2) is 24.5 Å². The zero-order valence-corrected chi connectivity index (χ0v) is 19.2. The van der Waals surface area contributed by atoms with Crippen LogP contribution in [0.1, 0.15) is 80.6 Å². The zero-order chi connectivity index (χ0) is 21.2. The van der Waals surface area contributed by atoms with Gasteiger partial charge in [0.05, 0.1) is 5.83 Å². The summed E-state index contributed by atoms with van der Waals surface area (Å²) in [7, 11) is 4.36. The molecule has 1 aliphatic carbocycles. The highest BCUT2D eigenvalue weighted by Crippen LogP contribution is 2.39. The van der Waals surface area contributed by atoms with E-state index < -0.39 is 0 Å². The summed E-state index contributed by atoms with van der Waals surface area (Å²) in [5, 5.41) is 0. The van der Waals surface area contributed by atoms with Gasteiger partial charge in [0.2, 0.25) is 0 Å². The predicted molar refractivity (Wildman–Crippen MR) is 120 cm³/mol. The average Bonchev–Trinajstić information content (AvgIpc) is 2.65. The van der Waals surface area contributed by atoms with Crippen molar-refractivity contribution in [2.75, 3.05) is 14.1 Å². The summed E-state index contributed by atoms with van der Waals surface area (Å²) < 4.78 is 12.8. The van der Waals surface area contributed by atoms with E-state index in [1.807, 2.05) is 45.9 Å². The Bertz CT molecular complexity index is 388. The van der Waals surface area contributed by atoms with Gasteiger partial charge < -0.3 is 4.90 Å². The van der Waals surface area contributed by atoms with Crippen molar-refractivity contribution in [1.29, 1.82) is 0 Å². The van der Waals surface area contributed by atoms with Crippen LogP contribution in [0.4, 0.5) is 4.39 Å². The molecule has 0 spiro atoms. The van der Waals surface area contributed by atoms with Crippen LogP contribution in [0.15, 0.2) is 48.9 Å². The summed E-state index contributed by atoms with van der Waals surface area (Å²) in [6.07, 6.45) is 13.7. The van der Waals surface area contributed by atoms with Crippen LogP contribution in [0.25, 0.3) is 0 Å². The Morgan fingerprint density at radius 2 is 1.46 bits per heavy atom. The molecule has 0 N–H and O–H groups in total. The molecule has 0 aromatic rings. The SMILES string of the molecule is C/C(F)=C\C=C(/C)CC1(N(C)C)CCC(C)CC1.C/C=C\C.C=C.CC. The van der Waals surface area contributed by atoms with Gasteiger partial charge in [0, 0.05) is 5.54 Å². The van der Waals surface area contributed by atoms with Gasteiger partial charge in [0.1, 0.15) is 0 Å². The van der Waals surface area contributed by atoms with Crippen LogP contribution >= 0.6 is 0 Å². The van der Waals surface area contributed by atoms with Crippen LogP contribution in [-0.2, 0) is 0 Å². The zero-order valence-electron chi connectivity index (χ0n) is 19.2. The van der Waals surface area contributed by atoms with Crippen molar-refractivity contribution in [3.8, 4) is 0 Å². The minimum absolute atomic E-state index is 0.120. The Morgan fingerprint density at radius 1 is 1.04 bits per heavy atom. The molecule has 0 saturated heterocycles. The molecular formula is C24H46FN. The molecule has 0 heterocycles. The van der Waals surface area contributed by atoms with Gasteiger partial charge >= 0.3 is 0 Å². The molecule has 0 unspecified atom stereocenters. The second kappa shape index (κ2) is 18.6. The lowest BCUT2D eigenvalue weighted by Crippen LogP contribution is -2.47. The van der Waals surface area contributed by atoms with E-state index in [0.717, 1.165) is 12.3 Å². The first-order valence-electron chi connectivity index (χ1n) is 10.0. The molecule has 26 heavy (non-hydrogen) atoms. The van der Waals surface area contributed by atoms with Crippen molar-refractivity contribution < 1.29 is 4.39 Å². The molecule has 0 aromatic carbocycles. The van der Waals surface area contributed by atoms with Crippen LogP contribution in [0.3, 0.4) is 0 Å². The van der Waals surface area contributed by atoms with Crippen LogP contribution in [0.2, 0.25) is 0 Å². The first-order chi connectivity index (χ1) is 12.3. The highest BCUT2D eigenvalue weighted by Gasteiger charge is 2.35. The maximum atomic E-state index is 12.8. The molecule has 0 aliphatic heterocycles. The van der Waals surface area contributed by atoms with E-state index in [0.29, 0.717) is 0 Å². The molecule has 1 nitrogen and oxygen atoms in total. The number of halogens is 1. The van der Waals surface area contributed by atoms with Crippen LogP contribution < -0.4 is 0 Å². The average molecular weight is 368 g/mol. The summed E-state index contributed by atoms with van der Waals surface area (Å²) in [4.78, 5) is 2.38. The summed E-state index contributed by atoms with van der Waals surface area (Å²) in [5.41, 5.74) is 1.56. The topological polar surface area (TPSA) is 3.24 Å². The molecule has 1 fully saturated rings. The van der Waals surface area contributed by atoms with Gasteiger partial charge in [-0.25, -0.2) is 4.39 Å². The van der Waals surface area contributed by atoms with Crippen molar-refractivity contribution in [2.45, 2.75) is 86.1 Å². The number of nitrogens with zero attached hydrogens (tertiary/aromatic N) is 1. The minimum Gasteiger partial charge on any atom is -0.303 e. The molecule has 0 radical (unpaired) electrons. The number of hydrogen-bond acceptors (Lipinski definition) is 1. The molecule has 1 aliphatic rings. The van der Waals surface area contributed by atoms with E-state index in [1.165, 1.54) is 38.2 Å². The molecule has 0 aromatic heterocycles. The van der Waals surface area contributed by atoms with Gasteiger partial charge in [-0.2, -0.15) is 0 Å². The fourth-order valence-corrected chi connectivity index (χ4v) is 2.92. The van der Waals surface area contributed by atoms with Crippen molar-refractivity contribution in [2.24, 2.45) is 5.92 Å². The maximum Gasteiger partial charge on any atom is 0.0968 e. The molecule has 0 amide bonds. The molecule has 154 valence electrons.